The maximum atomic E-state index is 12.2. The highest BCUT2D eigenvalue weighted by Gasteiger charge is 2.31. The van der Waals surface area contributed by atoms with Crippen LogP contribution in [0.2, 0.25) is 0 Å². The van der Waals surface area contributed by atoms with Gasteiger partial charge in [0.2, 0.25) is 0 Å². The minimum Gasteiger partial charge on any atom is -0.478 e. The predicted molar refractivity (Wildman–Crippen MR) is 62.3 cm³/mol. The van der Waals surface area contributed by atoms with Gasteiger partial charge in [0.1, 0.15) is 5.69 Å². The summed E-state index contributed by atoms with van der Waals surface area (Å²) >= 11 is 0. The Kier molecular flexibility index (Phi) is 3.57. The molecule has 1 saturated heterocycles. The van der Waals surface area contributed by atoms with E-state index in [1.807, 2.05) is 0 Å². The van der Waals surface area contributed by atoms with Crippen LogP contribution in [-0.4, -0.2) is 51.2 Å². The number of carbonyl (C=O) groups excluding carboxylic acids is 1. The zero-order chi connectivity index (χ0) is 13.1. The number of hydrogen-bond acceptors (Lipinski definition) is 4. The molecule has 18 heavy (non-hydrogen) atoms. The van der Waals surface area contributed by atoms with Gasteiger partial charge in [-0.3, -0.25) is 9.78 Å². The largest absolute Gasteiger partial charge is 0.478 e. The van der Waals surface area contributed by atoms with Crippen molar-refractivity contribution >= 4 is 11.9 Å². The van der Waals surface area contributed by atoms with Crippen molar-refractivity contribution in [1.82, 2.24) is 9.88 Å². The second kappa shape index (κ2) is 5.14. The lowest BCUT2D eigenvalue weighted by atomic mass is 10.1. The predicted octanol–water partition coefficient (Wildman–Crippen LogP) is 0.377. The highest BCUT2D eigenvalue weighted by Crippen LogP contribution is 2.20. The normalized spacial score (nSPS) is 18.9. The van der Waals surface area contributed by atoms with Crippen molar-refractivity contribution in [1.29, 1.82) is 0 Å². The highest BCUT2D eigenvalue weighted by atomic mass is 16.4. The SMILES string of the molecule is O=C(O)c1cccnc1C(=O)N1CCC[C@H]1CO. The Morgan fingerprint density at radius 1 is 1.50 bits per heavy atom. The molecule has 1 aromatic heterocycles. The van der Waals surface area contributed by atoms with Crippen LogP contribution in [0.15, 0.2) is 18.3 Å². The Labute approximate surface area is 104 Å². The summed E-state index contributed by atoms with van der Waals surface area (Å²) in [5.41, 5.74) is -0.170. The van der Waals surface area contributed by atoms with Gasteiger partial charge < -0.3 is 15.1 Å². The first-order chi connectivity index (χ1) is 8.65. The van der Waals surface area contributed by atoms with Gasteiger partial charge >= 0.3 is 5.97 Å². The van der Waals surface area contributed by atoms with E-state index in [2.05, 4.69) is 4.98 Å². The van der Waals surface area contributed by atoms with E-state index in [1.165, 1.54) is 23.2 Å². The average Bonchev–Trinajstić information content (AvgIpc) is 2.86. The van der Waals surface area contributed by atoms with Crippen molar-refractivity contribution in [3.8, 4) is 0 Å². The fraction of sp³-hybridized carbons (Fsp3) is 0.417. The molecule has 1 aliphatic heterocycles. The maximum Gasteiger partial charge on any atom is 0.338 e. The van der Waals surface area contributed by atoms with Gasteiger partial charge in [0.15, 0.2) is 0 Å². The van der Waals surface area contributed by atoms with Gasteiger partial charge in [-0.1, -0.05) is 0 Å². The Bertz CT molecular complexity index is 475. The molecule has 96 valence electrons. The molecule has 0 saturated carbocycles. The van der Waals surface area contributed by atoms with Crippen LogP contribution >= 0.6 is 0 Å². The summed E-state index contributed by atoms with van der Waals surface area (Å²) < 4.78 is 0. The van der Waals surface area contributed by atoms with Crippen LogP contribution in [0.4, 0.5) is 0 Å². The molecule has 1 aliphatic rings. The Morgan fingerprint density at radius 2 is 2.28 bits per heavy atom. The van der Waals surface area contributed by atoms with Gasteiger partial charge in [-0.25, -0.2) is 4.79 Å². The second-order valence-electron chi connectivity index (χ2n) is 4.18. The Morgan fingerprint density at radius 3 is 2.94 bits per heavy atom. The quantitative estimate of drug-likeness (QED) is 0.809. The summed E-state index contributed by atoms with van der Waals surface area (Å²) in [4.78, 5) is 28.6. The number of carboxylic acids is 1. The van der Waals surface area contributed by atoms with Crippen LogP contribution in [0, 0.1) is 0 Å². The smallest absolute Gasteiger partial charge is 0.338 e. The fourth-order valence-electron chi connectivity index (χ4n) is 2.18. The number of aromatic nitrogens is 1. The Balaban J connectivity index is 2.31. The number of aliphatic hydroxyl groups excluding tert-OH is 1. The van der Waals surface area contributed by atoms with Crippen LogP contribution in [0.5, 0.6) is 0 Å². The highest BCUT2D eigenvalue weighted by molar-refractivity contribution is 6.03. The maximum absolute atomic E-state index is 12.2. The van der Waals surface area contributed by atoms with E-state index < -0.39 is 11.9 Å². The van der Waals surface area contributed by atoms with Gasteiger partial charge in [-0.2, -0.15) is 0 Å². The molecule has 2 heterocycles. The molecule has 2 rings (SSSR count). The number of pyridine rings is 1. The number of aromatic carboxylic acids is 1. The minimum absolute atomic E-state index is 0.0645. The summed E-state index contributed by atoms with van der Waals surface area (Å²) in [6, 6.07) is 2.60. The summed E-state index contributed by atoms with van der Waals surface area (Å²) in [7, 11) is 0. The van der Waals surface area contributed by atoms with E-state index in [4.69, 9.17) is 5.11 Å². The number of rotatable bonds is 3. The number of amides is 1. The van der Waals surface area contributed by atoms with E-state index in [0.29, 0.717) is 6.54 Å². The van der Waals surface area contributed by atoms with Crippen molar-refractivity contribution in [2.45, 2.75) is 18.9 Å². The summed E-state index contributed by atoms with van der Waals surface area (Å²) in [6.07, 6.45) is 2.94. The lowest BCUT2D eigenvalue weighted by Crippen LogP contribution is -2.38. The van der Waals surface area contributed by atoms with E-state index >= 15 is 0 Å². The monoisotopic (exact) mass is 250 g/mol. The van der Waals surface area contributed by atoms with Crippen molar-refractivity contribution in [2.75, 3.05) is 13.2 Å². The van der Waals surface area contributed by atoms with Crippen LogP contribution in [0.1, 0.15) is 33.7 Å². The summed E-state index contributed by atoms with van der Waals surface area (Å²) in [6.45, 7) is 0.417. The third-order valence-corrected chi connectivity index (χ3v) is 3.09. The number of nitrogens with zero attached hydrogens (tertiary/aromatic N) is 2. The van der Waals surface area contributed by atoms with E-state index in [0.717, 1.165) is 12.8 Å². The molecule has 0 aromatic carbocycles. The first-order valence-electron chi connectivity index (χ1n) is 5.75. The minimum atomic E-state index is -1.17. The van der Waals surface area contributed by atoms with Crippen molar-refractivity contribution in [2.24, 2.45) is 0 Å². The topological polar surface area (TPSA) is 90.7 Å². The first-order valence-corrected chi connectivity index (χ1v) is 5.75. The molecule has 0 radical (unpaired) electrons. The average molecular weight is 250 g/mol. The summed E-state index contributed by atoms with van der Waals surface area (Å²) in [5, 5.41) is 18.2. The third kappa shape index (κ3) is 2.19. The Hall–Kier alpha value is -1.95. The van der Waals surface area contributed by atoms with E-state index in [-0.39, 0.29) is 23.9 Å². The molecule has 1 fully saturated rings. The molecule has 1 amide bonds. The molecule has 2 N–H and O–H groups in total. The molecular formula is C12H14N2O4. The van der Waals surface area contributed by atoms with E-state index in [9.17, 15) is 14.7 Å². The number of carbonyl (C=O) groups is 2. The second-order valence-corrected chi connectivity index (χ2v) is 4.18. The molecule has 0 aliphatic carbocycles. The third-order valence-electron chi connectivity index (χ3n) is 3.09. The van der Waals surface area contributed by atoms with Gasteiger partial charge in [-0.15, -0.1) is 0 Å². The summed E-state index contributed by atoms with van der Waals surface area (Å²) in [5.74, 6) is -1.60. The number of carboxylic acid groups (broad SMARTS) is 1. The van der Waals surface area contributed by atoms with Gasteiger partial charge in [-0.05, 0) is 25.0 Å². The molecule has 1 atom stereocenters. The van der Waals surface area contributed by atoms with Crippen LogP contribution < -0.4 is 0 Å². The zero-order valence-corrected chi connectivity index (χ0v) is 9.74. The molecule has 0 unspecified atom stereocenters. The van der Waals surface area contributed by atoms with Gasteiger partial charge in [0, 0.05) is 12.7 Å². The molecule has 0 spiro atoms. The number of hydrogen-bond donors (Lipinski definition) is 2. The van der Waals surface area contributed by atoms with Crippen molar-refractivity contribution in [3.05, 3.63) is 29.6 Å². The lowest BCUT2D eigenvalue weighted by Gasteiger charge is -2.23. The fourth-order valence-corrected chi connectivity index (χ4v) is 2.18. The molecule has 0 bridgehead atoms. The molecule has 6 nitrogen and oxygen atoms in total. The van der Waals surface area contributed by atoms with Crippen LogP contribution in [-0.2, 0) is 0 Å². The standard InChI is InChI=1S/C12H14N2O4/c15-7-8-3-2-6-14(8)11(16)10-9(12(17)18)4-1-5-13-10/h1,4-5,8,15H,2-3,6-7H2,(H,17,18)/t8-/m0/s1. The van der Waals surface area contributed by atoms with E-state index in [1.54, 1.807) is 0 Å². The molecule has 6 heteroatoms. The van der Waals surface area contributed by atoms with Crippen LogP contribution in [0.25, 0.3) is 0 Å². The zero-order valence-electron chi connectivity index (χ0n) is 9.74. The van der Waals surface area contributed by atoms with Crippen molar-refractivity contribution in [3.63, 3.8) is 0 Å². The molecule has 1 aromatic rings. The molecular weight excluding hydrogens is 236 g/mol. The van der Waals surface area contributed by atoms with Crippen LogP contribution in [0.3, 0.4) is 0 Å². The van der Waals surface area contributed by atoms with Gasteiger partial charge in [0.25, 0.3) is 5.91 Å². The van der Waals surface area contributed by atoms with Crippen molar-refractivity contribution < 1.29 is 19.8 Å². The number of aliphatic hydroxyl groups is 1. The number of likely N-dealkylation sites (tertiary alicyclic amines) is 1. The lowest BCUT2D eigenvalue weighted by molar-refractivity contribution is 0.0639. The first kappa shape index (κ1) is 12.5. The van der Waals surface area contributed by atoms with Gasteiger partial charge in [0.05, 0.1) is 18.2 Å².